The Morgan fingerprint density at radius 3 is 2.62 bits per heavy atom. The molecule has 1 aliphatic carbocycles. The number of esters is 1. The summed E-state index contributed by atoms with van der Waals surface area (Å²) in [5.41, 5.74) is 7.17. The summed E-state index contributed by atoms with van der Waals surface area (Å²) in [7, 11) is 1.43. The second kappa shape index (κ2) is 4.66. The molecule has 1 aliphatic rings. The van der Waals surface area contributed by atoms with E-state index in [0.717, 1.165) is 12.8 Å². The first kappa shape index (κ1) is 11.1. The van der Waals surface area contributed by atoms with Crippen molar-refractivity contribution in [2.45, 2.75) is 24.8 Å². The van der Waals surface area contributed by atoms with E-state index in [0.29, 0.717) is 0 Å². The molecule has 3 heteroatoms. The molecule has 0 amide bonds. The predicted molar refractivity (Wildman–Crippen MR) is 61.9 cm³/mol. The molecule has 1 saturated carbocycles. The second-order valence-corrected chi connectivity index (χ2v) is 4.31. The molecule has 2 N–H and O–H groups in total. The van der Waals surface area contributed by atoms with E-state index in [2.05, 4.69) is 12.1 Å². The highest BCUT2D eigenvalue weighted by Gasteiger charge is 2.40. The van der Waals surface area contributed by atoms with Crippen LogP contribution in [0.1, 0.15) is 24.3 Å². The van der Waals surface area contributed by atoms with Crippen molar-refractivity contribution in [1.29, 1.82) is 0 Å². The van der Waals surface area contributed by atoms with E-state index >= 15 is 0 Å². The average molecular weight is 219 g/mol. The third kappa shape index (κ3) is 1.95. The maximum atomic E-state index is 11.7. The molecule has 0 bridgehead atoms. The van der Waals surface area contributed by atoms with Crippen LogP contribution in [0.2, 0.25) is 0 Å². The van der Waals surface area contributed by atoms with E-state index < -0.39 is 0 Å². The lowest BCUT2D eigenvalue weighted by molar-refractivity contribution is -0.146. The first-order valence-corrected chi connectivity index (χ1v) is 5.62. The Morgan fingerprint density at radius 1 is 1.31 bits per heavy atom. The zero-order valence-corrected chi connectivity index (χ0v) is 9.43. The molecule has 3 atom stereocenters. The minimum atomic E-state index is -0.188. The van der Waals surface area contributed by atoms with Gasteiger partial charge in [-0.3, -0.25) is 4.79 Å². The van der Waals surface area contributed by atoms with Crippen molar-refractivity contribution in [3.05, 3.63) is 35.9 Å². The zero-order valence-electron chi connectivity index (χ0n) is 9.43. The summed E-state index contributed by atoms with van der Waals surface area (Å²) in [6, 6.07) is 10.0. The number of nitrogens with two attached hydrogens (primary N) is 1. The molecule has 0 saturated heterocycles. The van der Waals surface area contributed by atoms with Crippen molar-refractivity contribution in [1.82, 2.24) is 0 Å². The van der Waals surface area contributed by atoms with Crippen LogP contribution in [0.5, 0.6) is 0 Å². The van der Waals surface area contributed by atoms with Gasteiger partial charge in [0.05, 0.1) is 13.0 Å². The third-order valence-electron chi connectivity index (χ3n) is 3.41. The molecule has 16 heavy (non-hydrogen) atoms. The van der Waals surface area contributed by atoms with E-state index in [9.17, 15) is 4.79 Å². The number of methoxy groups -OCH3 is 1. The van der Waals surface area contributed by atoms with Crippen LogP contribution in [-0.4, -0.2) is 19.1 Å². The van der Waals surface area contributed by atoms with Crippen LogP contribution in [-0.2, 0) is 9.53 Å². The number of rotatable bonds is 2. The van der Waals surface area contributed by atoms with Gasteiger partial charge in [-0.05, 0) is 24.3 Å². The van der Waals surface area contributed by atoms with E-state index in [1.807, 2.05) is 18.2 Å². The van der Waals surface area contributed by atoms with E-state index in [-0.39, 0.29) is 23.8 Å². The Bertz CT molecular complexity index is 363. The fourth-order valence-electron chi connectivity index (χ4n) is 2.58. The molecule has 3 nitrogen and oxygen atoms in total. The van der Waals surface area contributed by atoms with Gasteiger partial charge in [0.15, 0.2) is 0 Å². The molecular weight excluding hydrogens is 202 g/mol. The quantitative estimate of drug-likeness (QED) is 0.770. The molecule has 0 unspecified atom stereocenters. The lowest BCUT2D eigenvalue weighted by Crippen LogP contribution is -2.34. The van der Waals surface area contributed by atoms with Gasteiger partial charge in [-0.15, -0.1) is 0 Å². The van der Waals surface area contributed by atoms with Crippen molar-refractivity contribution in [2.75, 3.05) is 7.11 Å². The van der Waals surface area contributed by atoms with Gasteiger partial charge in [0.1, 0.15) is 0 Å². The van der Waals surface area contributed by atoms with E-state index in [1.165, 1.54) is 12.7 Å². The average Bonchev–Trinajstić information content (AvgIpc) is 2.71. The van der Waals surface area contributed by atoms with Gasteiger partial charge in [0.25, 0.3) is 0 Å². The predicted octanol–water partition coefficient (Wildman–Crippen LogP) is 1.68. The normalized spacial score (nSPS) is 29.0. The van der Waals surface area contributed by atoms with Gasteiger partial charge in [-0.25, -0.2) is 0 Å². The number of hydrogen-bond acceptors (Lipinski definition) is 3. The van der Waals surface area contributed by atoms with Gasteiger partial charge in [-0.2, -0.15) is 0 Å². The van der Waals surface area contributed by atoms with Crippen LogP contribution in [0.3, 0.4) is 0 Å². The van der Waals surface area contributed by atoms with Gasteiger partial charge in [0, 0.05) is 6.04 Å². The van der Waals surface area contributed by atoms with Crippen molar-refractivity contribution >= 4 is 5.97 Å². The van der Waals surface area contributed by atoms with Crippen LogP contribution in [0.4, 0.5) is 0 Å². The SMILES string of the molecule is COC(=O)[C@@H]1[C@@H](c2ccccc2)CC[C@@H]1N. The van der Waals surface area contributed by atoms with Gasteiger partial charge < -0.3 is 10.5 Å². The topological polar surface area (TPSA) is 52.3 Å². The van der Waals surface area contributed by atoms with Crippen LogP contribution in [0.25, 0.3) is 0 Å². The molecular formula is C13H17NO2. The number of ether oxygens (including phenoxy) is 1. The largest absolute Gasteiger partial charge is 0.469 e. The Morgan fingerprint density at radius 2 is 2.00 bits per heavy atom. The highest BCUT2D eigenvalue weighted by molar-refractivity contribution is 5.75. The lowest BCUT2D eigenvalue weighted by atomic mass is 9.88. The van der Waals surface area contributed by atoms with E-state index in [1.54, 1.807) is 0 Å². The van der Waals surface area contributed by atoms with Crippen LogP contribution in [0.15, 0.2) is 30.3 Å². The maximum Gasteiger partial charge on any atom is 0.310 e. The van der Waals surface area contributed by atoms with Crippen molar-refractivity contribution in [3.8, 4) is 0 Å². The minimum Gasteiger partial charge on any atom is -0.469 e. The van der Waals surface area contributed by atoms with Crippen LogP contribution >= 0.6 is 0 Å². The summed E-state index contributed by atoms with van der Waals surface area (Å²) in [6.07, 6.45) is 1.85. The Labute approximate surface area is 95.6 Å². The number of benzene rings is 1. The Balaban J connectivity index is 2.24. The van der Waals surface area contributed by atoms with Crippen molar-refractivity contribution in [3.63, 3.8) is 0 Å². The molecule has 0 radical (unpaired) electrons. The highest BCUT2D eigenvalue weighted by atomic mass is 16.5. The first-order valence-electron chi connectivity index (χ1n) is 5.62. The van der Waals surface area contributed by atoms with Crippen LogP contribution < -0.4 is 5.73 Å². The Hall–Kier alpha value is -1.35. The van der Waals surface area contributed by atoms with Gasteiger partial charge in [0.2, 0.25) is 0 Å². The number of carbonyl (C=O) groups excluding carboxylic acids is 1. The summed E-state index contributed by atoms with van der Waals surface area (Å²) < 4.78 is 4.84. The molecule has 0 aliphatic heterocycles. The third-order valence-corrected chi connectivity index (χ3v) is 3.41. The fraction of sp³-hybridized carbons (Fsp3) is 0.462. The first-order chi connectivity index (χ1) is 7.74. The molecule has 2 rings (SSSR count). The minimum absolute atomic E-state index is 0.0716. The molecule has 0 spiro atoms. The molecule has 1 aromatic rings. The van der Waals surface area contributed by atoms with Crippen LogP contribution in [0, 0.1) is 5.92 Å². The maximum absolute atomic E-state index is 11.7. The second-order valence-electron chi connectivity index (χ2n) is 4.31. The molecule has 86 valence electrons. The van der Waals surface area contributed by atoms with Gasteiger partial charge >= 0.3 is 5.97 Å². The number of carbonyl (C=O) groups is 1. The summed E-state index contributed by atoms with van der Waals surface area (Å²) in [5.74, 6) is -0.157. The molecule has 1 aromatic carbocycles. The lowest BCUT2D eigenvalue weighted by Gasteiger charge is -2.20. The van der Waals surface area contributed by atoms with E-state index in [4.69, 9.17) is 10.5 Å². The van der Waals surface area contributed by atoms with Gasteiger partial charge in [-0.1, -0.05) is 30.3 Å². The standard InChI is InChI=1S/C13H17NO2/c1-16-13(15)12-10(7-8-11(12)14)9-5-3-2-4-6-9/h2-6,10-12H,7-8,14H2,1H3/t10-,11+,12-/m1/s1. The molecule has 0 heterocycles. The summed E-state index contributed by atoms with van der Waals surface area (Å²) in [6.45, 7) is 0. The summed E-state index contributed by atoms with van der Waals surface area (Å²) >= 11 is 0. The highest BCUT2D eigenvalue weighted by Crippen LogP contribution is 2.39. The monoisotopic (exact) mass is 219 g/mol. The molecule has 0 aromatic heterocycles. The molecule has 1 fully saturated rings. The summed E-state index contributed by atoms with van der Waals surface area (Å²) in [5, 5.41) is 0. The summed E-state index contributed by atoms with van der Waals surface area (Å²) in [4.78, 5) is 11.7. The van der Waals surface area contributed by atoms with Crippen molar-refractivity contribution in [2.24, 2.45) is 11.7 Å². The fourth-order valence-corrected chi connectivity index (χ4v) is 2.58. The smallest absolute Gasteiger partial charge is 0.310 e. The van der Waals surface area contributed by atoms with Crippen molar-refractivity contribution < 1.29 is 9.53 Å². The number of hydrogen-bond donors (Lipinski definition) is 1. The Kier molecular flexibility index (Phi) is 3.25. The zero-order chi connectivity index (χ0) is 11.5.